The number of hydrogen-bond acceptors (Lipinski definition) is 3. The van der Waals surface area contributed by atoms with Crippen LogP contribution in [0.5, 0.6) is 5.75 Å². The van der Waals surface area contributed by atoms with E-state index in [0.717, 1.165) is 0 Å². The SMILES string of the molecule is COc1c(Cl)cc(-c2cc(N)n(C)n2)c(F)c1F. The van der Waals surface area contributed by atoms with Crippen LogP contribution in [0.1, 0.15) is 0 Å². The molecular weight excluding hydrogens is 264 g/mol. The molecule has 0 spiro atoms. The van der Waals surface area contributed by atoms with Gasteiger partial charge in [-0.3, -0.25) is 4.68 Å². The quantitative estimate of drug-likeness (QED) is 0.856. The fourth-order valence-corrected chi connectivity index (χ4v) is 1.83. The maximum Gasteiger partial charge on any atom is 0.202 e. The van der Waals surface area contributed by atoms with Crippen LogP contribution in [0.4, 0.5) is 14.6 Å². The number of methoxy groups -OCH3 is 1. The third-order valence-corrected chi connectivity index (χ3v) is 2.79. The Morgan fingerprint density at radius 2 is 2.00 bits per heavy atom. The number of halogens is 3. The minimum absolute atomic E-state index is 0.0318. The molecule has 0 atom stereocenters. The van der Waals surface area contributed by atoms with E-state index in [0.29, 0.717) is 5.82 Å². The highest BCUT2D eigenvalue weighted by Gasteiger charge is 2.21. The van der Waals surface area contributed by atoms with Gasteiger partial charge in [-0.15, -0.1) is 0 Å². The van der Waals surface area contributed by atoms with Gasteiger partial charge >= 0.3 is 0 Å². The summed E-state index contributed by atoms with van der Waals surface area (Å²) in [5.41, 5.74) is 5.73. The molecule has 0 saturated heterocycles. The van der Waals surface area contributed by atoms with E-state index in [4.69, 9.17) is 17.3 Å². The number of rotatable bonds is 2. The fourth-order valence-electron chi connectivity index (χ4n) is 1.57. The van der Waals surface area contributed by atoms with E-state index in [-0.39, 0.29) is 22.0 Å². The third kappa shape index (κ3) is 1.88. The van der Waals surface area contributed by atoms with E-state index in [1.54, 1.807) is 7.05 Å². The van der Waals surface area contributed by atoms with Crippen LogP contribution in [0.2, 0.25) is 5.02 Å². The second kappa shape index (κ2) is 4.45. The summed E-state index contributed by atoms with van der Waals surface area (Å²) in [7, 11) is 2.81. The Labute approximate surface area is 107 Å². The van der Waals surface area contributed by atoms with Crippen LogP contribution in [-0.4, -0.2) is 16.9 Å². The Morgan fingerprint density at radius 3 is 2.50 bits per heavy atom. The van der Waals surface area contributed by atoms with Gasteiger partial charge in [-0.05, 0) is 6.07 Å². The van der Waals surface area contributed by atoms with E-state index >= 15 is 0 Å². The lowest BCUT2D eigenvalue weighted by atomic mass is 10.1. The lowest BCUT2D eigenvalue weighted by Crippen LogP contribution is -1.98. The van der Waals surface area contributed by atoms with Gasteiger partial charge in [0, 0.05) is 18.7 Å². The van der Waals surface area contributed by atoms with Crippen molar-refractivity contribution in [3.05, 3.63) is 28.8 Å². The number of nitrogens with two attached hydrogens (primary N) is 1. The summed E-state index contributed by atoms with van der Waals surface area (Å²) in [5, 5.41) is 3.93. The molecule has 18 heavy (non-hydrogen) atoms. The molecule has 0 saturated carbocycles. The van der Waals surface area contributed by atoms with E-state index in [1.807, 2.05) is 0 Å². The van der Waals surface area contributed by atoms with Crippen molar-refractivity contribution in [2.24, 2.45) is 7.05 Å². The molecule has 0 aliphatic rings. The van der Waals surface area contributed by atoms with Crippen molar-refractivity contribution in [2.75, 3.05) is 12.8 Å². The van der Waals surface area contributed by atoms with E-state index in [1.165, 1.54) is 23.9 Å². The number of hydrogen-bond donors (Lipinski definition) is 1. The summed E-state index contributed by atoms with van der Waals surface area (Å²) in [6, 6.07) is 2.68. The van der Waals surface area contributed by atoms with Crippen molar-refractivity contribution >= 4 is 17.4 Å². The predicted octanol–water partition coefficient (Wildman–Crippen LogP) is 2.61. The highest BCUT2D eigenvalue weighted by Crippen LogP contribution is 2.35. The first kappa shape index (κ1) is 12.6. The zero-order valence-corrected chi connectivity index (χ0v) is 10.4. The van der Waals surface area contributed by atoms with Gasteiger partial charge in [0.15, 0.2) is 11.6 Å². The van der Waals surface area contributed by atoms with Crippen LogP contribution in [-0.2, 0) is 7.05 Å². The van der Waals surface area contributed by atoms with Crippen LogP contribution < -0.4 is 10.5 Å². The van der Waals surface area contributed by atoms with Crippen LogP contribution in [0.15, 0.2) is 12.1 Å². The van der Waals surface area contributed by atoms with Crippen molar-refractivity contribution in [2.45, 2.75) is 0 Å². The maximum atomic E-state index is 13.9. The molecule has 0 fully saturated rings. The molecule has 1 heterocycles. The molecule has 7 heteroatoms. The summed E-state index contributed by atoms with van der Waals surface area (Å²) >= 11 is 5.81. The Morgan fingerprint density at radius 1 is 1.33 bits per heavy atom. The number of nitrogen functional groups attached to an aromatic ring is 1. The molecular formula is C11H10ClF2N3O. The van der Waals surface area contributed by atoms with Crippen molar-refractivity contribution in [1.29, 1.82) is 0 Å². The molecule has 1 aromatic heterocycles. The van der Waals surface area contributed by atoms with Gasteiger partial charge in [0.25, 0.3) is 0 Å². The number of nitrogens with zero attached hydrogens (tertiary/aromatic N) is 2. The Kier molecular flexibility index (Phi) is 3.13. The molecule has 0 radical (unpaired) electrons. The van der Waals surface area contributed by atoms with Gasteiger partial charge in [0.2, 0.25) is 5.82 Å². The molecule has 0 aliphatic heterocycles. The largest absolute Gasteiger partial charge is 0.492 e. The van der Waals surface area contributed by atoms with E-state index in [2.05, 4.69) is 9.84 Å². The Balaban J connectivity index is 2.66. The van der Waals surface area contributed by atoms with Crippen molar-refractivity contribution in [1.82, 2.24) is 9.78 Å². The van der Waals surface area contributed by atoms with Crippen LogP contribution in [0, 0.1) is 11.6 Å². The molecule has 0 aliphatic carbocycles. The topological polar surface area (TPSA) is 53.1 Å². The van der Waals surface area contributed by atoms with Crippen LogP contribution in [0.25, 0.3) is 11.3 Å². The second-order valence-electron chi connectivity index (χ2n) is 3.65. The van der Waals surface area contributed by atoms with Crippen molar-refractivity contribution in [3.63, 3.8) is 0 Å². The molecule has 0 bridgehead atoms. The lowest BCUT2D eigenvalue weighted by molar-refractivity contribution is 0.372. The first-order valence-corrected chi connectivity index (χ1v) is 5.35. The molecule has 4 nitrogen and oxygen atoms in total. The first-order chi connectivity index (χ1) is 8.45. The van der Waals surface area contributed by atoms with E-state index in [9.17, 15) is 8.78 Å². The number of aryl methyl sites for hydroxylation is 1. The summed E-state index contributed by atoms with van der Waals surface area (Å²) in [6.07, 6.45) is 0. The predicted molar refractivity (Wildman–Crippen MR) is 64.5 cm³/mol. The summed E-state index contributed by atoms with van der Waals surface area (Å²) in [6.45, 7) is 0. The number of benzene rings is 1. The summed E-state index contributed by atoms with van der Waals surface area (Å²) in [5.74, 6) is -2.22. The highest BCUT2D eigenvalue weighted by atomic mass is 35.5. The average molecular weight is 274 g/mol. The van der Waals surface area contributed by atoms with Crippen LogP contribution >= 0.6 is 11.6 Å². The van der Waals surface area contributed by atoms with Crippen molar-refractivity contribution < 1.29 is 13.5 Å². The minimum Gasteiger partial charge on any atom is -0.492 e. The van der Waals surface area contributed by atoms with Gasteiger partial charge in [-0.2, -0.15) is 9.49 Å². The van der Waals surface area contributed by atoms with Gasteiger partial charge in [0.1, 0.15) is 5.82 Å². The average Bonchev–Trinajstić information content (AvgIpc) is 2.65. The minimum atomic E-state index is -1.15. The number of ether oxygens (including phenoxy) is 1. The van der Waals surface area contributed by atoms with Crippen LogP contribution in [0.3, 0.4) is 0 Å². The maximum absolute atomic E-state index is 13.9. The molecule has 0 amide bonds. The third-order valence-electron chi connectivity index (χ3n) is 2.51. The zero-order valence-electron chi connectivity index (χ0n) is 9.67. The molecule has 2 aromatic rings. The molecule has 2 rings (SSSR count). The first-order valence-electron chi connectivity index (χ1n) is 4.97. The number of aromatic nitrogens is 2. The molecule has 0 unspecified atom stereocenters. The monoisotopic (exact) mass is 273 g/mol. The fraction of sp³-hybridized carbons (Fsp3) is 0.182. The van der Waals surface area contributed by atoms with Gasteiger partial charge in [-0.25, -0.2) is 4.39 Å². The summed E-state index contributed by atoms with van der Waals surface area (Å²) in [4.78, 5) is 0. The van der Waals surface area contributed by atoms with Gasteiger partial charge in [0.05, 0.1) is 17.8 Å². The standard InChI is InChI=1S/C11H10ClF2N3O/c1-17-8(15)4-7(16-17)5-3-6(12)11(18-2)10(14)9(5)13/h3-4H,15H2,1-2H3. The second-order valence-corrected chi connectivity index (χ2v) is 4.05. The molecule has 2 N–H and O–H groups in total. The lowest BCUT2D eigenvalue weighted by Gasteiger charge is -2.08. The Bertz CT molecular complexity index is 593. The smallest absolute Gasteiger partial charge is 0.202 e. The molecule has 1 aromatic carbocycles. The summed E-state index contributed by atoms with van der Waals surface area (Å²) < 4.78 is 33.5. The Hall–Kier alpha value is -1.82. The zero-order chi connectivity index (χ0) is 13.4. The normalized spacial score (nSPS) is 10.7. The van der Waals surface area contributed by atoms with Crippen molar-refractivity contribution in [3.8, 4) is 17.0 Å². The highest BCUT2D eigenvalue weighted by molar-refractivity contribution is 6.32. The van der Waals surface area contributed by atoms with E-state index < -0.39 is 11.6 Å². The van der Waals surface area contributed by atoms with Gasteiger partial charge < -0.3 is 10.5 Å². The molecule has 96 valence electrons. The van der Waals surface area contributed by atoms with Gasteiger partial charge in [-0.1, -0.05) is 11.6 Å². The number of anilines is 1.